The first-order chi connectivity index (χ1) is 7.36. The fourth-order valence-corrected chi connectivity index (χ4v) is 3.13. The summed E-state index contributed by atoms with van der Waals surface area (Å²) in [4.78, 5) is 0. The maximum atomic E-state index is 2.32. The Morgan fingerprint density at radius 2 is 1.87 bits per heavy atom. The van der Waals surface area contributed by atoms with E-state index in [9.17, 15) is 0 Å². The molecule has 0 nitrogen and oxygen atoms in total. The van der Waals surface area contributed by atoms with Gasteiger partial charge >= 0.3 is 0 Å². The van der Waals surface area contributed by atoms with Crippen molar-refractivity contribution in [1.82, 2.24) is 0 Å². The number of rotatable bonds is 1. The van der Waals surface area contributed by atoms with Crippen molar-refractivity contribution in [3.63, 3.8) is 0 Å². The minimum Gasteiger partial charge on any atom is -0.132 e. The summed E-state index contributed by atoms with van der Waals surface area (Å²) in [5, 5.41) is 1.48. The lowest BCUT2D eigenvalue weighted by atomic mass is 9.97. The van der Waals surface area contributed by atoms with Gasteiger partial charge in [-0.2, -0.15) is 0 Å². The van der Waals surface area contributed by atoms with Crippen LogP contribution in [0.1, 0.15) is 23.3 Å². The van der Waals surface area contributed by atoms with E-state index in [1.54, 1.807) is 0 Å². The van der Waals surface area contributed by atoms with Gasteiger partial charge in [0, 0.05) is 5.92 Å². The highest BCUT2D eigenvalue weighted by atomic mass is 31.0. The predicted octanol–water partition coefficient (Wildman–Crippen LogP) is 4.21. The van der Waals surface area contributed by atoms with Crippen molar-refractivity contribution in [1.29, 1.82) is 0 Å². The monoisotopic (exact) mass is 211 g/mol. The van der Waals surface area contributed by atoms with Gasteiger partial charge in [-0.25, -0.2) is 0 Å². The van der Waals surface area contributed by atoms with Crippen molar-refractivity contribution in [2.24, 2.45) is 0 Å². The van der Waals surface area contributed by atoms with Crippen LogP contribution in [0.4, 0.5) is 0 Å². The molecule has 73 valence electrons. The van der Waals surface area contributed by atoms with Crippen LogP contribution >= 0.6 is 8.19 Å². The lowest BCUT2D eigenvalue weighted by Gasteiger charge is -2.08. The Labute approximate surface area is 91.7 Å². The minimum absolute atomic E-state index is 0.839. The molecule has 1 unspecified atom stereocenters. The van der Waals surface area contributed by atoms with E-state index >= 15 is 0 Å². The van der Waals surface area contributed by atoms with Gasteiger partial charge in [0.25, 0.3) is 0 Å². The average Bonchev–Trinajstić information content (AvgIpc) is 2.87. The number of fused-ring (bicyclic) bond motifs is 1. The van der Waals surface area contributed by atoms with E-state index in [-0.39, 0.29) is 0 Å². The molecule has 0 N–H and O–H groups in total. The van der Waals surface area contributed by atoms with E-state index in [4.69, 9.17) is 0 Å². The quantitative estimate of drug-likeness (QED) is 0.662. The highest BCUT2D eigenvalue weighted by molar-refractivity contribution is 7.31. The van der Waals surface area contributed by atoms with Gasteiger partial charge in [0.2, 0.25) is 0 Å². The molecule has 0 bridgehead atoms. The second-order valence-electron chi connectivity index (χ2n) is 3.85. The molecule has 1 radical (unpaired) electrons. The Balaban J connectivity index is 2.11. The van der Waals surface area contributed by atoms with E-state index in [1.807, 2.05) is 0 Å². The number of hydrogen-bond acceptors (Lipinski definition) is 0. The maximum Gasteiger partial charge on any atom is 0.0325 e. The summed E-state index contributed by atoms with van der Waals surface area (Å²) in [5.41, 5.74) is 4.19. The third-order valence-electron chi connectivity index (χ3n) is 2.96. The molecule has 1 atom stereocenters. The first-order valence-corrected chi connectivity index (χ1v) is 6.23. The smallest absolute Gasteiger partial charge is 0.0325 e. The zero-order valence-corrected chi connectivity index (χ0v) is 9.62. The molecule has 0 saturated carbocycles. The topological polar surface area (TPSA) is 0 Å². The molecule has 1 aromatic carbocycles. The van der Waals surface area contributed by atoms with Gasteiger partial charge in [0.05, 0.1) is 0 Å². The molecule has 0 spiro atoms. The molecule has 2 aromatic rings. The van der Waals surface area contributed by atoms with E-state index in [1.165, 1.54) is 27.9 Å². The van der Waals surface area contributed by atoms with Crippen molar-refractivity contribution in [3.8, 4) is 0 Å². The van der Waals surface area contributed by atoms with E-state index < -0.39 is 0 Å². The first kappa shape index (κ1) is 9.00. The standard InChI is InChI=1S/C14H12P/c1-10-12-6-3-2-5-11(12)9-13(10)14-7-4-8-15-14/h2-9,15H,1H3. The van der Waals surface area contributed by atoms with Crippen molar-refractivity contribution >= 4 is 19.8 Å². The fourth-order valence-electron chi connectivity index (χ4n) is 2.15. The van der Waals surface area contributed by atoms with Gasteiger partial charge < -0.3 is 0 Å². The first-order valence-electron chi connectivity index (χ1n) is 5.15. The van der Waals surface area contributed by atoms with Gasteiger partial charge in [-0.05, 0) is 33.9 Å². The van der Waals surface area contributed by atoms with Crippen molar-refractivity contribution < 1.29 is 0 Å². The van der Waals surface area contributed by atoms with Gasteiger partial charge in [-0.3, -0.25) is 0 Å². The van der Waals surface area contributed by atoms with Gasteiger partial charge in [-0.15, -0.1) is 8.19 Å². The molecule has 1 aliphatic rings. The molecule has 1 heteroatoms. The summed E-state index contributed by atoms with van der Waals surface area (Å²) in [5.74, 6) is 3.67. The zero-order valence-electron chi connectivity index (χ0n) is 8.62. The Morgan fingerprint density at radius 1 is 1.00 bits per heavy atom. The van der Waals surface area contributed by atoms with Crippen molar-refractivity contribution in [2.45, 2.75) is 6.92 Å². The summed E-state index contributed by atoms with van der Waals surface area (Å²) in [7, 11) is 0.839. The third kappa shape index (κ3) is 1.37. The SMILES string of the molecule is C[C]1C(c2ccc[pH]2)=Cc2ccccc21. The van der Waals surface area contributed by atoms with Crippen LogP contribution in [-0.4, -0.2) is 0 Å². The summed E-state index contributed by atoms with van der Waals surface area (Å²) in [6.07, 6.45) is 2.32. The molecule has 0 saturated heterocycles. The van der Waals surface area contributed by atoms with Crippen LogP contribution in [0.3, 0.4) is 0 Å². The molecule has 3 rings (SSSR count). The number of allylic oxidation sites excluding steroid dienone is 1. The fraction of sp³-hybridized carbons (Fsp3) is 0.0714. The molecule has 0 amide bonds. The van der Waals surface area contributed by atoms with Crippen LogP contribution < -0.4 is 0 Å². The van der Waals surface area contributed by atoms with Crippen LogP contribution in [0.25, 0.3) is 11.6 Å². The van der Waals surface area contributed by atoms with Crippen molar-refractivity contribution in [2.75, 3.05) is 0 Å². The number of hydrogen-bond donors (Lipinski definition) is 0. The second kappa shape index (κ2) is 3.40. The van der Waals surface area contributed by atoms with Crippen LogP contribution in [0.15, 0.2) is 42.2 Å². The van der Waals surface area contributed by atoms with Gasteiger partial charge in [0.1, 0.15) is 0 Å². The predicted molar refractivity (Wildman–Crippen MR) is 68.3 cm³/mol. The lowest BCUT2D eigenvalue weighted by molar-refractivity contribution is 1.30. The highest BCUT2D eigenvalue weighted by Gasteiger charge is 2.22. The van der Waals surface area contributed by atoms with E-state index in [0.29, 0.717) is 0 Å². The second-order valence-corrected chi connectivity index (χ2v) is 5.01. The summed E-state index contributed by atoms with van der Waals surface area (Å²) < 4.78 is 0. The van der Waals surface area contributed by atoms with Gasteiger partial charge in [-0.1, -0.05) is 43.3 Å². The average molecular weight is 211 g/mol. The largest absolute Gasteiger partial charge is 0.132 e. The Hall–Kier alpha value is -1.26. The van der Waals surface area contributed by atoms with Crippen molar-refractivity contribution in [3.05, 3.63) is 64.5 Å². The summed E-state index contributed by atoms with van der Waals surface area (Å²) >= 11 is 0. The van der Waals surface area contributed by atoms with Crippen LogP contribution in [0, 0.1) is 5.92 Å². The highest BCUT2D eigenvalue weighted by Crippen LogP contribution is 2.42. The molecule has 0 aliphatic heterocycles. The van der Waals surface area contributed by atoms with Crippen LogP contribution in [-0.2, 0) is 0 Å². The van der Waals surface area contributed by atoms with E-state index in [0.717, 1.165) is 8.19 Å². The van der Waals surface area contributed by atoms with Crippen LogP contribution in [0.2, 0.25) is 0 Å². The molecular weight excluding hydrogens is 199 g/mol. The Bertz CT molecular complexity index is 506. The maximum absolute atomic E-state index is 2.32. The number of benzene rings is 1. The normalized spacial score (nSPS) is 15.7. The molecule has 1 aromatic heterocycles. The Morgan fingerprint density at radius 3 is 2.60 bits per heavy atom. The Kier molecular flexibility index (Phi) is 2.04. The molecule has 15 heavy (non-hydrogen) atoms. The molecular formula is C14H12P. The zero-order chi connectivity index (χ0) is 10.3. The molecule has 0 fully saturated rings. The summed E-state index contributed by atoms with van der Waals surface area (Å²) in [6, 6.07) is 13.0. The minimum atomic E-state index is 0.839. The van der Waals surface area contributed by atoms with E-state index in [2.05, 4.69) is 55.2 Å². The molecule has 1 heterocycles. The third-order valence-corrected chi connectivity index (χ3v) is 4.06. The summed E-state index contributed by atoms with van der Waals surface area (Å²) in [6.45, 7) is 2.22. The lowest BCUT2D eigenvalue weighted by Crippen LogP contribution is -1.91. The van der Waals surface area contributed by atoms with Crippen LogP contribution in [0.5, 0.6) is 0 Å². The molecule has 1 aliphatic carbocycles. The van der Waals surface area contributed by atoms with Gasteiger partial charge in [0.15, 0.2) is 0 Å².